The molecule has 3 aromatic carbocycles. The summed E-state index contributed by atoms with van der Waals surface area (Å²) in [6.07, 6.45) is 1.67. The highest BCUT2D eigenvalue weighted by Gasteiger charge is 2.31. The molecule has 8 nitrogen and oxygen atoms in total. The first-order valence-electron chi connectivity index (χ1n) is 13.8. The van der Waals surface area contributed by atoms with Gasteiger partial charge in [-0.1, -0.05) is 54.9 Å². The molecule has 0 saturated heterocycles. The fourth-order valence-electron chi connectivity index (χ4n) is 4.70. The Balaban J connectivity index is 0.00000576. The van der Waals surface area contributed by atoms with Crippen LogP contribution in [0.3, 0.4) is 0 Å². The Morgan fingerprint density at radius 2 is 1.74 bits per heavy atom. The largest absolute Gasteiger partial charge is 1.00 e. The van der Waals surface area contributed by atoms with E-state index in [4.69, 9.17) is 33.1 Å². The van der Waals surface area contributed by atoms with E-state index in [9.17, 15) is 12.8 Å². The summed E-state index contributed by atoms with van der Waals surface area (Å²) in [4.78, 5) is 4.47. The van der Waals surface area contributed by atoms with Gasteiger partial charge in [0.15, 0.2) is 16.7 Å². The molecule has 4 rings (SSSR count). The zero-order chi connectivity index (χ0) is 33.3. The number of ether oxygens (including phenoxy) is 1. The van der Waals surface area contributed by atoms with Crippen molar-refractivity contribution in [3.05, 3.63) is 93.2 Å². The number of methoxy groups -OCH3 is 1. The van der Waals surface area contributed by atoms with Gasteiger partial charge in [-0.15, -0.1) is 0 Å². The molecule has 250 valence electrons. The van der Waals surface area contributed by atoms with Crippen LogP contribution in [-0.2, 0) is 21.2 Å². The highest BCUT2D eigenvalue weighted by Crippen LogP contribution is 2.40. The fourth-order valence-corrected chi connectivity index (χ4v) is 7.17. The Morgan fingerprint density at radius 1 is 1.04 bits per heavy atom. The van der Waals surface area contributed by atoms with Crippen LogP contribution in [0.25, 0.3) is 5.69 Å². The summed E-state index contributed by atoms with van der Waals surface area (Å²) in [6, 6.07) is 12.1. The van der Waals surface area contributed by atoms with Gasteiger partial charge in [0, 0.05) is 33.5 Å². The molecule has 1 heterocycles. The van der Waals surface area contributed by atoms with Crippen LogP contribution in [0, 0.1) is 11.6 Å². The number of benzene rings is 3. The number of imidazole rings is 1. The minimum Gasteiger partial charge on any atom is -1.00 e. The predicted octanol–water partition coefficient (Wildman–Crippen LogP) is 3.85. The van der Waals surface area contributed by atoms with Crippen LogP contribution in [0.1, 0.15) is 30.7 Å². The van der Waals surface area contributed by atoms with Crippen LogP contribution in [0.2, 0.25) is 10.0 Å². The SMILES string of the molecule is COc1cc(-n2c(C(C)(C)c3ccc(S(N)(=O)=O)c(Cl)c3)cnc2SCc2c(F)cc(NCC[N+](C)(C)C)cc2Cl)ccc1F.[Cl-]. The van der Waals surface area contributed by atoms with Gasteiger partial charge < -0.3 is 26.9 Å². The summed E-state index contributed by atoms with van der Waals surface area (Å²) in [5, 5.41) is 9.28. The van der Waals surface area contributed by atoms with Crippen molar-refractivity contribution in [2.24, 2.45) is 5.14 Å². The highest BCUT2D eigenvalue weighted by atomic mass is 35.5. The number of nitrogens with one attached hydrogen (secondary N) is 1. The van der Waals surface area contributed by atoms with Gasteiger partial charge in [0.1, 0.15) is 10.7 Å². The third kappa shape index (κ3) is 8.66. The second kappa shape index (κ2) is 14.7. The zero-order valence-electron chi connectivity index (χ0n) is 26.2. The van der Waals surface area contributed by atoms with Crippen LogP contribution >= 0.6 is 35.0 Å². The standard InChI is InChI=1S/C31H36Cl2F2N5O3S2.ClH/c1-31(2,19-7-10-28(24(33)13-19)45(36,41)42)29-17-38-30(39(29)21-8-9-25(34)27(16-21)43-6)44-18-22-23(32)14-20(15-26(22)35)37-11-12-40(3,4)5;/h7-10,13-17,37H,11-12,18H2,1-6H3,(H2,36,41,42);1H/q+1;/p-1. The number of rotatable bonds is 12. The van der Waals surface area contributed by atoms with E-state index in [1.807, 2.05) is 18.4 Å². The molecule has 0 aliphatic rings. The number of hydrogen-bond acceptors (Lipinski definition) is 6. The van der Waals surface area contributed by atoms with E-state index in [1.165, 1.54) is 37.1 Å². The molecule has 0 unspecified atom stereocenters. The molecule has 4 aromatic rings. The molecule has 3 N–H and O–H groups in total. The van der Waals surface area contributed by atoms with E-state index < -0.39 is 27.1 Å². The van der Waals surface area contributed by atoms with Crippen molar-refractivity contribution < 1.29 is 38.8 Å². The van der Waals surface area contributed by atoms with E-state index in [1.54, 1.807) is 36.5 Å². The molecular weight excluding hydrogens is 699 g/mol. The average molecular weight is 735 g/mol. The smallest absolute Gasteiger partial charge is 0.239 e. The van der Waals surface area contributed by atoms with Gasteiger partial charge in [-0.05, 0) is 42.0 Å². The maximum absolute atomic E-state index is 15.3. The van der Waals surface area contributed by atoms with Gasteiger partial charge in [0.05, 0.1) is 63.9 Å². The summed E-state index contributed by atoms with van der Waals surface area (Å²) in [5.74, 6) is -0.794. The Hall–Kier alpha value is -2.58. The minimum absolute atomic E-state index is 0. The van der Waals surface area contributed by atoms with Crippen LogP contribution < -0.4 is 27.6 Å². The zero-order valence-corrected chi connectivity index (χ0v) is 30.1. The number of quaternary nitrogens is 1. The first kappa shape index (κ1) is 37.9. The summed E-state index contributed by atoms with van der Waals surface area (Å²) >= 11 is 14.1. The van der Waals surface area contributed by atoms with Gasteiger partial charge >= 0.3 is 0 Å². The highest BCUT2D eigenvalue weighted by molar-refractivity contribution is 7.98. The summed E-state index contributed by atoms with van der Waals surface area (Å²) < 4.78 is 61.5. The van der Waals surface area contributed by atoms with Crippen LogP contribution in [-0.4, -0.2) is 63.8 Å². The molecule has 46 heavy (non-hydrogen) atoms. The first-order chi connectivity index (χ1) is 20.9. The molecule has 0 amide bonds. The van der Waals surface area contributed by atoms with E-state index in [-0.39, 0.29) is 38.9 Å². The monoisotopic (exact) mass is 733 g/mol. The molecule has 0 atom stereocenters. The van der Waals surface area contributed by atoms with Gasteiger partial charge in [-0.25, -0.2) is 27.3 Å². The predicted molar refractivity (Wildman–Crippen MR) is 177 cm³/mol. The van der Waals surface area contributed by atoms with E-state index in [0.29, 0.717) is 39.9 Å². The second-order valence-electron chi connectivity index (χ2n) is 12.0. The van der Waals surface area contributed by atoms with Gasteiger partial charge in [0.2, 0.25) is 10.0 Å². The van der Waals surface area contributed by atoms with Gasteiger partial charge in [-0.2, -0.15) is 0 Å². The number of nitrogens with two attached hydrogens (primary N) is 1. The Labute approximate surface area is 289 Å². The average Bonchev–Trinajstić information content (AvgIpc) is 3.36. The topological polar surface area (TPSA) is 99.2 Å². The number of hydrogen-bond donors (Lipinski definition) is 2. The minimum atomic E-state index is -4.02. The molecular formula is C31H36Cl3F2N5O3S2. The molecule has 0 aliphatic carbocycles. The molecule has 15 heteroatoms. The molecule has 0 saturated carbocycles. The van der Waals surface area contributed by atoms with Crippen molar-refractivity contribution in [3.8, 4) is 11.4 Å². The third-order valence-electron chi connectivity index (χ3n) is 7.32. The number of likely N-dealkylation sites (N-methyl/N-ethyl adjacent to an activating group) is 1. The number of sulfonamides is 1. The van der Waals surface area contributed by atoms with Crippen molar-refractivity contribution in [2.45, 2.75) is 35.1 Å². The molecule has 1 aromatic heterocycles. The van der Waals surface area contributed by atoms with Gasteiger partial charge in [-0.3, -0.25) is 4.57 Å². The fraction of sp³-hybridized carbons (Fsp3) is 0.323. The Bertz CT molecular complexity index is 1810. The lowest BCUT2D eigenvalue weighted by atomic mass is 9.81. The molecule has 0 radical (unpaired) electrons. The van der Waals surface area contributed by atoms with Crippen molar-refractivity contribution in [1.82, 2.24) is 9.55 Å². The van der Waals surface area contributed by atoms with Crippen molar-refractivity contribution in [2.75, 3.05) is 46.7 Å². The number of anilines is 1. The number of aromatic nitrogens is 2. The number of halogens is 5. The van der Waals surface area contributed by atoms with Crippen LogP contribution in [0.15, 0.2) is 64.8 Å². The third-order valence-corrected chi connectivity index (χ3v) is 10.0. The number of thioether (sulfide) groups is 1. The van der Waals surface area contributed by atoms with E-state index in [0.717, 1.165) is 11.0 Å². The number of nitrogens with zero attached hydrogens (tertiary/aromatic N) is 3. The van der Waals surface area contributed by atoms with Gasteiger partial charge in [0.25, 0.3) is 0 Å². The number of primary sulfonamides is 1. The summed E-state index contributed by atoms with van der Waals surface area (Å²) in [6.45, 7) is 5.33. The molecule has 0 bridgehead atoms. The second-order valence-corrected chi connectivity index (χ2v) is 15.3. The molecule has 0 aliphatic heterocycles. The lowest BCUT2D eigenvalue weighted by molar-refractivity contribution is -0.868. The first-order valence-corrected chi connectivity index (χ1v) is 17.1. The maximum atomic E-state index is 15.3. The normalized spacial score (nSPS) is 12.2. The summed E-state index contributed by atoms with van der Waals surface area (Å²) in [5.41, 5.74) is 2.00. The van der Waals surface area contributed by atoms with E-state index >= 15 is 4.39 Å². The van der Waals surface area contributed by atoms with Crippen molar-refractivity contribution in [1.29, 1.82) is 0 Å². The Kier molecular flexibility index (Phi) is 12.1. The van der Waals surface area contributed by atoms with Crippen molar-refractivity contribution in [3.63, 3.8) is 0 Å². The summed E-state index contributed by atoms with van der Waals surface area (Å²) in [7, 11) is 3.58. The van der Waals surface area contributed by atoms with Crippen LogP contribution in [0.5, 0.6) is 5.75 Å². The molecule has 0 spiro atoms. The van der Waals surface area contributed by atoms with E-state index in [2.05, 4.69) is 31.4 Å². The van der Waals surface area contributed by atoms with Crippen molar-refractivity contribution >= 4 is 50.7 Å². The Morgan fingerprint density at radius 3 is 2.33 bits per heavy atom. The maximum Gasteiger partial charge on any atom is 0.239 e. The lowest BCUT2D eigenvalue weighted by Crippen LogP contribution is -3.00. The van der Waals surface area contributed by atoms with Crippen LogP contribution in [0.4, 0.5) is 14.5 Å². The molecule has 0 fully saturated rings. The lowest BCUT2D eigenvalue weighted by Gasteiger charge is -2.28. The quantitative estimate of drug-likeness (QED) is 0.170.